The van der Waals surface area contributed by atoms with Crippen LogP contribution in [0.2, 0.25) is 5.15 Å². The largest absolute Gasteiger partial charge is 0.480 e. The molecule has 1 aliphatic rings. The molecule has 0 fully saturated rings. The van der Waals surface area contributed by atoms with E-state index in [1.165, 1.54) is 4.90 Å². The fourth-order valence-electron chi connectivity index (χ4n) is 3.05. The van der Waals surface area contributed by atoms with Crippen molar-refractivity contribution < 1.29 is 19.9 Å². The lowest BCUT2D eigenvalue weighted by molar-refractivity contribution is -0.434. The summed E-state index contributed by atoms with van der Waals surface area (Å²) in [6.45, 7) is 2.10. The molecular formula is C16H22ClN5O5. The molecule has 1 aromatic heterocycles. The molecule has 0 aliphatic carbocycles. The number of nitrogens with zero attached hydrogens (tertiary/aromatic N) is 5. The molecule has 1 atom stereocenters. The smallest absolute Gasteiger partial charge is 0.323 e. The summed E-state index contributed by atoms with van der Waals surface area (Å²) in [7, 11) is 1.66. The van der Waals surface area contributed by atoms with Gasteiger partial charge in [-0.3, -0.25) is 19.8 Å². The van der Waals surface area contributed by atoms with E-state index in [0.717, 1.165) is 5.56 Å². The monoisotopic (exact) mass is 399 g/mol. The Bertz CT molecular complexity index is 726. The van der Waals surface area contributed by atoms with Gasteiger partial charge in [0.1, 0.15) is 11.2 Å². The van der Waals surface area contributed by atoms with Gasteiger partial charge >= 0.3 is 5.97 Å². The predicted octanol–water partition coefficient (Wildman–Crippen LogP) is 0.653. The van der Waals surface area contributed by atoms with Crippen molar-refractivity contribution in [1.29, 1.82) is 0 Å². The maximum absolute atomic E-state index is 11.7. The highest BCUT2D eigenvalue weighted by atomic mass is 35.5. The van der Waals surface area contributed by atoms with E-state index in [1.807, 2.05) is 11.8 Å². The summed E-state index contributed by atoms with van der Waals surface area (Å²) in [6.07, 6.45) is 1.61. The Morgan fingerprint density at radius 3 is 2.70 bits per heavy atom. The van der Waals surface area contributed by atoms with Crippen molar-refractivity contribution in [1.82, 2.24) is 19.7 Å². The van der Waals surface area contributed by atoms with Crippen LogP contribution in [-0.4, -0.2) is 80.2 Å². The number of aliphatic hydroxyl groups excluding tert-OH is 1. The summed E-state index contributed by atoms with van der Waals surface area (Å²) in [5, 5.41) is 30.6. The molecule has 0 spiro atoms. The van der Waals surface area contributed by atoms with E-state index in [1.54, 1.807) is 30.3 Å². The van der Waals surface area contributed by atoms with Crippen LogP contribution in [0.15, 0.2) is 29.8 Å². The van der Waals surface area contributed by atoms with Gasteiger partial charge in [0.05, 0.1) is 24.7 Å². The van der Waals surface area contributed by atoms with Gasteiger partial charge in [0.15, 0.2) is 5.82 Å². The van der Waals surface area contributed by atoms with E-state index in [9.17, 15) is 25.1 Å². The molecule has 2 rings (SSSR count). The minimum atomic E-state index is -1.23. The van der Waals surface area contributed by atoms with Gasteiger partial charge in [-0.1, -0.05) is 17.7 Å². The van der Waals surface area contributed by atoms with Crippen molar-refractivity contribution in [3.05, 3.63) is 50.7 Å². The summed E-state index contributed by atoms with van der Waals surface area (Å²) >= 11 is 5.80. The van der Waals surface area contributed by atoms with Crippen molar-refractivity contribution in [3.8, 4) is 0 Å². The number of aromatic nitrogens is 1. The van der Waals surface area contributed by atoms with E-state index in [2.05, 4.69) is 4.98 Å². The van der Waals surface area contributed by atoms with Crippen LogP contribution in [-0.2, 0) is 11.3 Å². The van der Waals surface area contributed by atoms with Crippen LogP contribution < -0.4 is 0 Å². The van der Waals surface area contributed by atoms with Crippen molar-refractivity contribution in [2.45, 2.75) is 19.5 Å². The Labute approximate surface area is 161 Å². The van der Waals surface area contributed by atoms with Crippen LogP contribution in [0.25, 0.3) is 0 Å². The van der Waals surface area contributed by atoms with E-state index < -0.39 is 23.5 Å². The minimum absolute atomic E-state index is 0.118. The molecule has 0 saturated heterocycles. The number of carboxylic acid groups (broad SMARTS) is 1. The summed E-state index contributed by atoms with van der Waals surface area (Å²) in [4.78, 5) is 31.3. The van der Waals surface area contributed by atoms with Crippen LogP contribution >= 0.6 is 11.6 Å². The number of pyridine rings is 1. The number of carboxylic acids is 1. The second-order valence-corrected chi connectivity index (χ2v) is 6.54. The van der Waals surface area contributed by atoms with Crippen LogP contribution in [0.4, 0.5) is 0 Å². The predicted molar refractivity (Wildman–Crippen MR) is 97.2 cm³/mol. The molecule has 0 radical (unpaired) electrons. The Morgan fingerprint density at radius 1 is 1.52 bits per heavy atom. The van der Waals surface area contributed by atoms with Crippen LogP contribution in [0.5, 0.6) is 0 Å². The molecule has 0 saturated carbocycles. The molecule has 0 amide bonds. The SMILES string of the molecule is CCN(Cc1ccc(Cl)nc1)C1=C([N+](=O)[O-])CN([C@@H](CO)C(=O)O)CN1C. The van der Waals surface area contributed by atoms with Gasteiger partial charge in [-0.15, -0.1) is 0 Å². The highest BCUT2D eigenvalue weighted by molar-refractivity contribution is 6.29. The van der Waals surface area contributed by atoms with Crippen molar-refractivity contribution in [2.24, 2.45) is 0 Å². The fraction of sp³-hybridized carbons (Fsp3) is 0.500. The third-order valence-electron chi connectivity index (χ3n) is 4.33. The zero-order valence-corrected chi connectivity index (χ0v) is 15.8. The number of hydrogen-bond donors (Lipinski definition) is 2. The van der Waals surface area contributed by atoms with Crippen LogP contribution in [0.3, 0.4) is 0 Å². The molecule has 2 N–H and O–H groups in total. The summed E-state index contributed by atoms with van der Waals surface area (Å²) < 4.78 is 0. The highest BCUT2D eigenvalue weighted by Crippen LogP contribution is 2.24. The van der Waals surface area contributed by atoms with Crippen molar-refractivity contribution in [2.75, 3.05) is 33.4 Å². The van der Waals surface area contributed by atoms with Crippen LogP contribution in [0, 0.1) is 10.1 Å². The fourth-order valence-corrected chi connectivity index (χ4v) is 3.16. The lowest BCUT2D eigenvalue weighted by atomic mass is 10.2. The molecule has 11 heteroatoms. The topological polar surface area (TPSA) is 123 Å². The molecule has 2 heterocycles. The number of carbonyl (C=O) groups is 1. The summed E-state index contributed by atoms with van der Waals surface area (Å²) in [5.74, 6) is -0.813. The number of hydrogen-bond acceptors (Lipinski definition) is 8. The number of aliphatic hydroxyl groups is 1. The number of nitro groups is 1. The van der Waals surface area contributed by atoms with Gasteiger partial charge in [-0.25, -0.2) is 4.98 Å². The first-order chi connectivity index (χ1) is 12.8. The van der Waals surface area contributed by atoms with E-state index in [-0.39, 0.29) is 18.9 Å². The molecule has 0 aromatic carbocycles. The Kier molecular flexibility index (Phi) is 6.94. The third-order valence-corrected chi connectivity index (χ3v) is 4.55. The second-order valence-electron chi connectivity index (χ2n) is 6.15. The summed E-state index contributed by atoms with van der Waals surface area (Å²) in [5.41, 5.74) is 0.721. The lowest BCUT2D eigenvalue weighted by Crippen LogP contribution is -2.54. The number of halogens is 1. The van der Waals surface area contributed by atoms with Crippen molar-refractivity contribution in [3.63, 3.8) is 0 Å². The molecule has 0 bridgehead atoms. The maximum Gasteiger partial charge on any atom is 0.323 e. The zero-order valence-electron chi connectivity index (χ0n) is 15.1. The molecular weight excluding hydrogens is 378 g/mol. The molecule has 10 nitrogen and oxygen atoms in total. The van der Waals surface area contributed by atoms with Crippen LogP contribution in [0.1, 0.15) is 12.5 Å². The Balaban J connectivity index is 2.35. The quantitative estimate of drug-likeness (QED) is 0.368. The minimum Gasteiger partial charge on any atom is -0.480 e. The molecule has 1 aliphatic heterocycles. The first kappa shape index (κ1) is 20.9. The van der Waals surface area contributed by atoms with Gasteiger partial charge in [-0.05, 0) is 18.6 Å². The summed E-state index contributed by atoms with van der Waals surface area (Å²) in [6, 6.07) is 2.24. The van der Waals surface area contributed by atoms with Crippen molar-refractivity contribution >= 4 is 17.6 Å². The maximum atomic E-state index is 11.7. The van der Waals surface area contributed by atoms with Gasteiger partial charge in [0, 0.05) is 26.3 Å². The average Bonchev–Trinajstić information content (AvgIpc) is 2.61. The molecule has 0 unspecified atom stereocenters. The third kappa shape index (κ3) is 4.85. The number of rotatable bonds is 8. The molecule has 27 heavy (non-hydrogen) atoms. The normalized spacial score (nSPS) is 16.4. The Hall–Kier alpha value is -2.43. The second kappa shape index (κ2) is 8.98. The molecule has 1 aromatic rings. The lowest BCUT2D eigenvalue weighted by Gasteiger charge is -2.40. The van der Waals surface area contributed by atoms with Gasteiger partial charge in [-0.2, -0.15) is 0 Å². The highest BCUT2D eigenvalue weighted by Gasteiger charge is 2.38. The van der Waals surface area contributed by atoms with Gasteiger partial charge in [0.25, 0.3) is 5.70 Å². The zero-order chi connectivity index (χ0) is 20.1. The first-order valence-corrected chi connectivity index (χ1v) is 8.68. The van der Waals surface area contributed by atoms with E-state index >= 15 is 0 Å². The first-order valence-electron chi connectivity index (χ1n) is 8.30. The number of aliphatic carboxylic acids is 1. The molecule has 148 valence electrons. The van der Waals surface area contributed by atoms with Gasteiger partial charge in [0.2, 0.25) is 0 Å². The van der Waals surface area contributed by atoms with E-state index in [0.29, 0.717) is 24.1 Å². The average molecular weight is 400 g/mol. The van der Waals surface area contributed by atoms with Gasteiger partial charge < -0.3 is 20.0 Å². The Morgan fingerprint density at radius 2 is 2.22 bits per heavy atom. The standard InChI is InChI=1S/C16H22ClN5O5/c1-3-20(7-11-4-5-14(17)18-6-11)15-12(22(26)27)8-21(10-19(15)2)13(9-23)16(24)25/h4-6,13,23H,3,7-10H2,1-2H3,(H,24,25)/t13-/m0/s1. The van der Waals surface area contributed by atoms with E-state index in [4.69, 9.17) is 11.6 Å².